The zero-order valence-corrected chi connectivity index (χ0v) is 29.1. The second-order valence-corrected chi connectivity index (χ2v) is 14.0. The highest BCUT2D eigenvalue weighted by Crippen LogP contribution is 2.26. The third-order valence-electron chi connectivity index (χ3n) is 9.74. The van der Waals surface area contributed by atoms with Crippen LogP contribution in [0.4, 0.5) is 5.95 Å². The molecule has 4 aromatic carbocycles. The molecule has 6 rings (SSSR count). The Labute approximate surface area is 295 Å². The van der Waals surface area contributed by atoms with E-state index in [2.05, 4.69) is 89.8 Å². The summed E-state index contributed by atoms with van der Waals surface area (Å²) in [5.41, 5.74) is 15.5. The van der Waals surface area contributed by atoms with Crippen LogP contribution in [0.3, 0.4) is 0 Å². The fraction of sp³-hybridized carbons (Fsp3) is 0.366. The van der Waals surface area contributed by atoms with E-state index in [-0.39, 0.29) is 23.9 Å². The molecule has 9 heteroatoms. The van der Waals surface area contributed by atoms with Crippen molar-refractivity contribution in [1.82, 2.24) is 19.8 Å². The minimum absolute atomic E-state index is 0.0721. The molecule has 0 aliphatic carbocycles. The van der Waals surface area contributed by atoms with E-state index in [1.54, 1.807) is 18.5 Å². The number of aromatic nitrogens is 2. The number of nitrogens with zero attached hydrogens (tertiary/aromatic N) is 4. The molecule has 1 aromatic heterocycles. The molecule has 5 aromatic rings. The summed E-state index contributed by atoms with van der Waals surface area (Å²) in [5, 5.41) is 7.84. The second-order valence-electron chi connectivity index (χ2n) is 14.0. The topological polar surface area (TPSA) is 130 Å². The smallest absolute Gasteiger partial charge is 0.240 e. The summed E-state index contributed by atoms with van der Waals surface area (Å²) >= 11 is 0. The molecule has 4 atom stereocenters. The van der Waals surface area contributed by atoms with Crippen LogP contribution < -0.4 is 16.8 Å². The first-order chi connectivity index (χ1) is 24.2. The maximum atomic E-state index is 14.3. The van der Waals surface area contributed by atoms with Crippen LogP contribution in [-0.4, -0.2) is 75.4 Å². The van der Waals surface area contributed by atoms with Gasteiger partial charge in [-0.25, -0.2) is 9.97 Å². The number of amides is 2. The lowest BCUT2D eigenvalue weighted by molar-refractivity contribution is -0.149. The number of hydrogen-bond acceptors (Lipinski definition) is 7. The van der Waals surface area contributed by atoms with E-state index in [0.29, 0.717) is 50.8 Å². The molecule has 5 N–H and O–H groups in total. The van der Waals surface area contributed by atoms with E-state index in [9.17, 15) is 9.59 Å². The van der Waals surface area contributed by atoms with Crippen LogP contribution in [0, 0.1) is 5.92 Å². The highest BCUT2D eigenvalue weighted by Gasteiger charge is 2.40. The van der Waals surface area contributed by atoms with Crippen molar-refractivity contribution in [3.63, 3.8) is 0 Å². The zero-order chi connectivity index (χ0) is 35.0. The number of carbonyl (C=O) groups excluding carboxylic acids is 2. The van der Waals surface area contributed by atoms with Gasteiger partial charge in [0.05, 0.1) is 12.1 Å². The Kier molecular flexibility index (Phi) is 11.4. The van der Waals surface area contributed by atoms with Gasteiger partial charge in [-0.2, -0.15) is 0 Å². The summed E-state index contributed by atoms with van der Waals surface area (Å²) < 4.78 is 0. The summed E-state index contributed by atoms with van der Waals surface area (Å²) in [4.78, 5) is 40.9. The van der Waals surface area contributed by atoms with Crippen molar-refractivity contribution in [3.05, 3.63) is 115 Å². The number of benzene rings is 4. The molecule has 1 aliphatic rings. The first-order valence-electron chi connectivity index (χ1n) is 17.8. The molecule has 50 heavy (non-hydrogen) atoms. The molecule has 260 valence electrons. The summed E-state index contributed by atoms with van der Waals surface area (Å²) in [6.07, 6.45) is 6.49. The van der Waals surface area contributed by atoms with Gasteiger partial charge in [-0.15, -0.1) is 0 Å². The summed E-state index contributed by atoms with van der Waals surface area (Å²) in [6.45, 7) is 5.78. The first-order valence-corrected chi connectivity index (χ1v) is 17.8. The van der Waals surface area contributed by atoms with Crippen molar-refractivity contribution in [2.24, 2.45) is 17.4 Å². The monoisotopic (exact) mass is 671 g/mol. The molecular weight excluding hydrogens is 622 g/mol. The fourth-order valence-electron chi connectivity index (χ4n) is 7.25. The van der Waals surface area contributed by atoms with Gasteiger partial charge in [-0.1, -0.05) is 98.8 Å². The molecule has 1 unspecified atom stereocenters. The molecule has 1 saturated heterocycles. The van der Waals surface area contributed by atoms with Crippen molar-refractivity contribution < 1.29 is 9.59 Å². The minimum atomic E-state index is -0.702. The van der Waals surface area contributed by atoms with E-state index >= 15 is 0 Å². The van der Waals surface area contributed by atoms with Crippen LogP contribution in [0.15, 0.2) is 103 Å². The standard InChI is InChI=1S/C41H49N7O2/c1-28(2)21-36-27-47(39(49)37(42)24-29-14-16-31-9-3-5-11-33(31)22-29)35(13-7-18-44-41-45-19-8-20-46-41)26-48(36)40(50)38(43)25-30-15-17-32-10-4-6-12-34(32)23-30/h3-6,8-12,14-17,19-20,22-23,28,35-38H,7,13,18,21,24-27,42-43H2,1-2H3,(H,44,45,46)/t35-,36+,37+,38?/m0/s1. The average Bonchev–Trinajstić information content (AvgIpc) is 3.13. The molecule has 2 heterocycles. The third kappa shape index (κ3) is 8.64. The minimum Gasteiger partial charge on any atom is -0.354 e. The SMILES string of the molecule is CC(C)C[C@@H]1CN(C(=O)[C@H](N)Cc2ccc3ccccc3c2)[C@@H](CCCNc2ncccn2)CN1C(=O)C(N)Cc1ccc2ccccc2c1. The normalized spacial score (nSPS) is 17.6. The maximum Gasteiger partial charge on any atom is 0.240 e. The van der Waals surface area contributed by atoms with Crippen molar-refractivity contribution >= 4 is 39.3 Å². The Morgan fingerprint density at radius 3 is 1.76 bits per heavy atom. The lowest BCUT2D eigenvalue weighted by Crippen LogP contribution is -2.65. The summed E-state index contributed by atoms with van der Waals surface area (Å²) in [5.74, 6) is 0.734. The van der Waals surface area contributed by atoms with Crippen LogP contribution in [0.5, 0.6) is 0 Å². The molecule has 0 radical (unpaired) electrons. The largest absolute Gasteiger partial charge is 0.354 e. The molecular formula is C41H49N7O2. The van der Waals surface area contributed by atoms with Gasteiger partial charge in [-0.05, 0) is 76.8 Å². The number of anilines is 1. The average molecular weight is 672 g/mol. The predicted molar refractivity (Wildman–Crippen MR) is 201 cm³/mol. The van der Waals surface area contributed by atoms with Gasteiger partial charge in [0.2, 0.25) is 17.8 Å². The van der Waals surface area contributed by atoms with Gasteiger partial charge < -0.3 is 26.6 Å². The molecule has 1 aliphatic heterocycles. The van der Waals surface area contributed by atoms with Gasteiger partial charge in [0.15, 0.2) is 0 Å². The number of piperazine rings is 1. The predicted octanol–water partition coefficient (Wildman–Crippen LogP) is 5.57. The van der Waals surface area contributed by atoms with Gasteiger partial charge in [-0.3, -0.25) is 9.59 Å². The van der Waals surface area contributed by atoms with Crippen molar-refractivity contribution in [1.29, 1.82) is 0 Å². The number of nitrogens with two attached hydrogens (primary N) is 2. The Hall–Kier alpha value is -4.86. The molecule has 2 amide bonds. The van der Waals surface area contributed by atoms with Crippen LogP contribution in [0.2, 0.25) is 0 Å². The van der Waals surface area contributed by atoms with E-state index in [0.717, 1.165) is 45.5 Å². The third-order valence-corrected chi connectivity index (χ3v) is 9.74. The Bertz CT molecular complexity index is 1900. The van der Waals surface area contributed by atoms with Crippen LogP contribution in [0.1, 0.15) is 44.2 Å². The number of hydrogen-bond donors (Lipinski definition) is 3. The molecule has 9 nitrogen and oxygen atoms in total. The van der Waals surface area contributed by atoms with Gasteiger partial charge in [0, 0.05) is 44.1 Å². The second kappa shape index (κ2) is 16.2. The number of rotatable bonds is 13. The van der Waals surface area contributed by atoms with Crippen molar-refractivity contribution in [2.75, 3.05) is 25.0 Å². The van der Waals surface area contributed by atoms with E-state index in [4.69, 9.17) is 11.5 Å². The Morgan fingerprint density at radius 1 is 0.720 bits per heavy atom. The van der Waals surface area contributed by atoms with Crippen molar-refractivity contribution in [3.8, 4) is 0 Å². The fourth-order valence-corrected chi connectivity index (χ4v) is 7.25. The first kappa shape index (κ1) is 35.0. The number of fused-ring (bicyclic) bond motifs is 2. The van der Waals surface area contributed by atoms with Crippen LogP contribution in [-0.2, 0) is 22.4 Å². The molecule has 0 spiro atoms. The maximum absolute atomic E-state index is 14.3. The summed E-state index contributed by atoms with van der Waals surface area (Å²) in [6, 6.07) is 28.9. The number of nitrogens with one attached hydrogen (secondary N) is 1. The van der Waals surface area contributed by atoms with Crippen LogP contribution >= 0.6 is 0 Å². The van der Waals surface area contributed by atoms with Gasteiger partial charge >= 0.3 is 0 Å². The van der Waals surface area contributed by atoms with Gasteiger partial charge in [0.25, 0.3) is 0 Å². The van der Waals surface area contributed by atoms with Crippen molar-refractivity contribution in [2.45, 2.75) is 70.1 Å². The van der Waals surface area contributed by atoms with Crippen LogP contribution in [0.25, 0.3) is 21.5 Å². The Morgan fingerprint density at radius 2 is 1.22 bits per heavy atom. The lowest BCUT2D eigenvalue weighted by atomic mass is 9.93. The highest BCUT2D eigenvalue weighted by molar-refractivity contribution is 5.87. The molecule has 1 fully saturated rings. The lowest BCUT2D eigenvalue weighted by Gasteiger charge is -2.48. The van der Waals surface area contributed by atoms with E-state index in [1.165, 1.54) is 0 Å². The molecule has 0 bridgehead atoms. The van der Waals surface area contributed by atoms with E-state index < -0.39 is 12.1 Å². The quantitative estimate of drug-likeness (QED) is 0.140. The summed E-state index contributed by atoms with van der Waals surface area (Å²) in [7, 11) is 0. The highest BCUT2D eigenvalue weighted by atomic mass is 16.2. The zero-order valence-electron chi connectivity index (χ0n) is 29.1. The number of carbonyl (C=O) groups is 2. The van der Waals surface area contributed by atoms with Gasteiger partial charge in [0.1, 0.15) is 0 Å². The Balaban J connectivity index is 1.20. The molecule has 0 saturated carbocycles. The van der Waals surface area contributed by atoms with E-state index in [1.807, 2.05) is 34.1 Å².